The van der Waals surface area contributed by atoms with Crippen LogP contribution in [0.3, 0.4) is 0 Å². The SMILES string of the molecule is Fc1ccc(-c2nnn(-c3ccc(Cl)cc3)n2)cc1. The van der Waals surface area contributed by atoms with Gasteiger partial charge < -0.3 is 0 Å². The molecule has 0 unspecified atom stereocenters. The molecule has 1 heterocycles. The molecule has 2 aromatic carbocycles. The highest BCUT2D eigenvalue weighted by Crippen LogP contribution is 2.16. The molecule has 0 spiro atoms. The molecule has 0 N–H and O–H groups in total. The van der Waals surface area contributed by atoms with Crippen LogP contribution in [-0.4, -0.2) is 20.2 Å². The van der Waals surface area contributed by atoms with E-state index in [0.29, 0.717) is 16.4 Å². The monoisotopic (exact) mass is 274 g/mol. The molecule has 0 aliphatic rings. The third kappa shape index (κ3) is 2.46. The second-order valence-electron chi connectivity index (χ2n) is 3.89. The van der Waals surface area contributed by atoms with Crippen LogP contribution in [-0.2, 0) is 0 Å². The van der Waals surface area contributed by atoms with E-state index in [0.717, 1.165) is 5.69 Å². The zero-order chi connectivity index (χ0) is 13.2. The quantitative estimate of drug-likeness (QED) is 0.721. The molecule has 94 valence electrons. The summed E-state index contributed by atoms with van der Waals surface area (Å²) in [6.07, 6.45) is 0. The van der Waals surface area contributed by atoms with E-state index in [2.05, 4.69) is 15.4 Å². The van der Waals surface area contributed by atoms with Gasteiger partial charge in [-0.25, -0.2) is 4.39 Å². The molecule has 0 amide bonds. The van der Waals surface area contributed by atoms with Gasteiger partial charge in [0.2, 0.25) is 5.82 Å². The minimum Gasteiger partial charge on any atom is -0.207 e. The van der Waals surface area contributed by atoms with Gasteiger partial charge in [0.1, 0.15) is 5.82 Å². The van der Waals surface area contributed by atoms with Crippen LogP contribution in [0.15, 0.2) is 48.5 Å². The van der Waals surface area contributed by atoms with Gasteiger partial charge >= 0.3 is 0 Å². The number of benzene rings is 2. The summed E-state index contributed by atoms with van der Waals surface area (Å²) in [7, 11) is 0. The summed E-state index contributed by atoms with van der Waals surface area (Å²) < 4.78 is 12.8. The maximum Gasteiger partial charge on any atom is 0.205 e. The minimum absolute atomic E-state index is 0.297. The van der Waals surface area contributed by atoms with Gasteiger partial charge in [-0.1, -0.05) is 11.6 Å². The third-order valence-corrected chi connectivity index (χ3v) is 2.83. The van der Waals surface area contributed by atoms with Gasteiger partial charge in [0, 0.05) is 10.6 Å². The van der Waals surface area contributed by atoms with E-state index in [1.54, 1.807) is 36.4 Å². The molecule has 0 saturated heterocycles. The van der Waals surface area contributed by atoms with E-state index in [9.17, 15) is 4.39 Å². The summed E-state index contributed by atoms with van der Waals surface area (Å²) in [5.41, 5.74) is 1.46. The number of rotatable bonds is 2. The van der Waals surface area contributed by atoms with Crippen LogP contribution in [0.4, 0.5) is 4.39 Å². The van der Waals surface area contributed by atoms with Crippen LogP contribution < -0.4 is 0 Å². The fraction of sp³-hybridized carbons (Fsp3) is 0. The molecule has 4 nitrogen and oxygen atoms in total. The van der Waals surface area contributed by atoms with Crippen LogP contribution in [0.2, 0.25) is 5.02 Å². The van der Waals surface area contributed by atoms with Gasteiger partial charge in [0.05, 0.1) is 5.69 Å². The lowest BCUT2D eigenvalue weighted by atomic mass is 10.2. The Bertz CT molecular complexity index is 631. The molecule has 6 heteroatoms. The van der Waals surface area contributed by atoms with Gasteiger partial charge in [0.25, 0.3) is 0 Å². The number of tetrazole rings is 1. The van der Waals surface area contributed by atoms with E-state index in [4.69, 9.17) is 11.6 Å². The Morgan fingerprint density at radius 2 is 1.63 bits per heavy atom. The summed E-state index contributed by atoms with van der Waals surface area (Å²) in [5.74, 6) is 0.142. The molecular weight excluding hydrogens is 267 g/mol. The lowest BCUT2D eigenvalue weighted by Gasteiger charge is -1.97. The highest BCUT2D eigenvalue weighted by molar-refractivity contribution is 6.30. The Morgan fingerprint density at radius 1 is 0.947 bits per heavy atom. The molecule has 0 aliphatic carbocycles. The summed E-state index contributed by atoms with van der Waals surface area (Å²) in [6.45, 7) is 0. The smallest absolute Gasteiger partial charge is 0.205 e. The van der Waals surface area contributed by atoms with E-state index in [1.165, 1.54) is 16.9 Å². The molecule has 0 atom stereocenters. The lowest BCUT2D eigenvalue weighted by molar-refractivity contribution is 0.628. The molecule has 3 aromatic rings. The van der Waals surface area contributed by atoms with Crippen molar-refractivity contribution < 1.29 is 4.39 Å². The topological polar surface area (TPSA) is 43.6 Å². The van der Waals surface area contributed by atoms with Crippen molar-refractivity contribution >= 4 is 11.6 Å². The second kappa shape index (κ2) is 4.78. The molecular formula is C13H8ClFN4. The largest absolute Gasteiger partial charge is 0.207 e. The van der Waals surface area contributed by atoms with Gasteiger partial charge in [0.15, 0.2) is 0 Å². The van der Waals surface area contributed by atoms with Gasteiger partial charge in [-0.05, 0) is 53.7 Å². The lowest BCUT2D eigenvalue weighted by Crippen LogP contribution is -1.98. The minimum atomic E-state index is -0.297. The summed E-state index contributed by atoms with van der Waals surface area (Å²) in [4.78, 5) is 1.40. The number of hydrogen-bond donors (Lipinski definition) is 0. The van der Waals surface area contributed by atoms with Crippen LogP contribution >= 0.6 is 11.6 Å². The first kappa shape index (κ1) is 11.8. The number of halogens is 2. The van der Waals surface area contributed by atoms with Crippen molar-refractivity contribution in [1.29, 1.82) is 0 Å². The maximum absolute atomic E-state index is 12.8. The molecule has 1 aromatic heterocycles. The molecule has 3 rings (SSSR count). The first-order chi connectivity index (χ1) is 9.22. The van der Waals surface area contributed by atoms with E-state index >= 15 is 0 Å². The van der Waals surface area contributed by atoms with Crippen LogP contribution in [0.1, 0.15) is 0 Å². The molecule has 0 saturated carbocycles. The van der Waals surface area contributed by atoms with Crippen molar-refractivity contribution in [3.63, 3.8) is 0 Å². The molecule has 0 aliphatic heterocycles. The van der Waals surface area contributed by atoms with Crippen LogP contribution in [0.25, 0.3) is 17.1 Å². The average Bonchev–Trinajstić information content (AvgIpc) is 2.90. The number of hydrogen-bond acceptors (Lipinski definition) is 3. The van der Waals surface area contributed by atoms with E-state index in [-0.39, 0.29) is 5.82 Å². The Balaban J connectivity index is 1.95. The van der Waals surface area contributed by atoms with Crippen LogP contribution in [0, 0.1) is 5.82 Å². The van der Waals surface area contributed by atoms with Gasteiger partial charge in [-0.2, -0.15) is 0 Å². The predicted molar refractivity (Wildman–Crippen MR) is 69.6 cm³/mol. The molecule has 0 bridgehead atoms. The van der Waals surface area contributed by atoms with Gasteiger partial charge in [-0.15, -0.1) is 15.0 Å². The number of aromatic nitrogens is 4. The summed E-state index contributed by atoms with van der Waals surface area (Å²) >= 11 is 5.81. The third-order valence-electron chi connectivity index (χ3n) is 2.57. The zero-order valence-corrected chi connectivity index (χ0v) is 10.4. The molecule has 0 fully saturated rings. The predicted octanol–water partition coefficient (Wildman–Crippen LogP) is 3.12. The van der Waals surface area contributed by atoms with Crippen LogP contribution in [0.5, 0.6) is 0 Å². The van der Waals surface area contributed by atoms with Crippen molar-refractivity contribution in [2.45, 2.75) is 0 Å². The van der Waals surface area contributed by atoms with Gasteiger partial charge in [-0.3, -0.25) is 0 Å². The Kier molecular flexibility index (Phi) is 2.97. The van der Waals surface area contributed by atoms with Crippen molar-refractivity contribution in [3.8, 4) is 17.1 Å². The summed E-state index contributed by atoms with van der Waals surface area (Å²) in [5, 5.41) is 12.8. The fourth-order valence-corrected chi connectivity index (χ4v) is 1.74. The zero-order valence-electron chi connectivity index (χ0n) is 9.66. The molecule has 19 heavy (non-hydrogen) atoms. The number of nitrogens with zero attached hydrogens (tertiary/aromatic N) is 4. The average molecular weight is 275 g/mol. The Morgan fingerprint density at radius 3 is 2.32 bits per heavy atom. The van der Waals surface area contributed by atoms with Crippen molar-refractivity contribution in [3.05, 3.63) is 59.4 Å². The highest BCUT2D eigenvalue weighted by atomic mass is 35.5. The maximum atomic E-state index is 12.8. The van der Waals surface area contributed by atoms with Crippen molar-refractivity contribution in [1.82, 2.24) is 20.2 Å². The van der Waals surface area contributed by atoms with E-state index < -0.39 is 0 Å². The normalized spacial score (nSPS) is 10.6. The standard InChI is InChI=1S/C13H8ClFN4/c14-10-3-7-12(8-4-10)19-17-13(16-18-19)9-1-5-11(15)6-2-9/h1-8H. The second-order valence-corrected chi connectivity index (χ2v) is 4.32. The summed E-state index contributed by atoms with van der Waals surface area (Å²) in [6, 6.07) is 13.0. The Labute approximate surface area is 113 Å². The highest BCUT2D eigenvalue weighted by Gasteiger charge is 2.07. The van der Waals surface area contributed by atoms with Crippen molar-refractivity contribution in [2.24, 2.45) is 0 Å². The Hall–Kier alpha value is -2.27. The fourth-order valence-electron chi connectivity index (χ4n) is 1.61. The van der Waals surface area contributed by atoms with Crippen molar-refractivity contribution in [2.75, 3.05) is 0 Å². The first-order valence-corrected chi connectivity index (χ1v) is 5.92. The molecule has 0 radical (unpaired) electrons. The van der Waals surface area contributed by atoms with E-state index in [1.807, 2.05) is 0 Å². The first-order valence-electron chi connectivity index (χ1n) is 5.54.